The molecule has 0 aliphatic rings. The molecule has 0 saturated heterocycles. The highest BCUT2D eigenvalue weighted by Gasteiger charge is 2.15. The highest BCUT2D eigenvalue weighted by Crippen LogP contribution is 2.27. The maximum Gasteiger partial charge on any atom is 0.308 e. The summed E-state index contributed by atoms with van der Waals surface area (Å²) >= 11 is 0. The van der Waals surface area contributed by atoms with Crippen molar-refractivity contribution in [3.05, 3.63) is 54.2 Å². The summed E-state index contributed by atoms with van der Waals surface area (Å²) in [4.78, 5) is 16.0. The third-order valence-corrected chi connectivity index (χ3v) is 3.86. The standard InChI is InChI=1S/C19H19NO3/c1-2-23-17(22)12-16(21)11-15-6-3-5-13-8-9-14-7-4-10-20-19(14)18(13)15/h3-10,16,21H,2,11-12H2,1H3. The average molecular weight is 309 g/mol. The summed E-state index contributed by atoms with van der Waals surface area (Å²) in [6.45, 7) is 2.08. The zero-order valence-electron chi connectivity index (χ0n) is 13.0. The summed E-state index contributed by atoms with van der Waals surface area (Å²) in [7, 11) is 0. The number of carbonyl (C=O) groups excluding carboxylic acids is 1. The van der Waals surface area contributed by atoms with Crippen LogP contribution in [0.1, 0.15) is 18.9 Å². The largest absolute Gasteiger partial charge is 0.466 e. The van der Waals surface area contributed by atoms with Crippen LogP contribution >= 0.6 is 0 Å². The molecule has 1 unspecified atom stereocenters. The van der Waals surface area contributed by atoms with Crippen LogP contribution in [0.4, 0.5) is 0 Å². The minimum atomic E-state index is -0.765. The Bertz CT molecular complexity index is 844. The first-order valence-electron chi connectivity index (χ1n) is 7.78. The van der Waals surface area contributed by atoms with Gasteiger partial charge in [0.1, 0.15) is 0 Å². The third kappa shape index (κ3) is 3.32. The van der Waals surface area contributed by atoms with Gasteiger partial charge in [0, 0.05) is 17.0 Å². The molecule has 0 spiro atoms. The molecule has 1 atom stereocenters. The van der Waals surface area contributed by atoms with Crippen molar-refractivity contribution in [2.45, 2.75) is 25.9 Å². The lowest BCUT2D eigenvalue weighted by molar-refractivity contribution is -0.145. The molecule has 0 aliphatic carbocycles. The number of aromatic nitrogens is 1. The number of esters is 1. The Morgan fingerprint density at radius 1 is 1.17 bits per heavy atom. The molecule has 1 heterocycles. The molecule has 0 bridgehead atoms. The predicted octanol–water partition coefficient (Wildman–Crippen LogP) is 3.24. The summed E-state index contributed by atoms with van der Waals surface area (Å²) < 4.78 is 4.90. The van der Waals surface area contributed by atoms with Crippen LogP contribution in [0.3, 0.4) is 0 Å². The van der Waals surface area contributed by atoms with Gasteiger partial charge in [0.25, 0.3) is 0 Å². The fourth-order valence-electron chi connectivity index (χ4n) is 2.90. The highest BCUT2D eigenvalue weighted by atomic mass is 16.5. The lowest BCUT2D eigenvalue weighted by Gasteiger charge is -2.13. The molecular weight excluding hydrogens is 290 g/mol. The van der Waals surface area contributed by atoms with E-state index in [2.05, 4.69) is 11.1 Å². The van der Waals surface area contributed by atoms with E-state index in [0.717, 1.165) is 27.2 Å². The summed E-state index contributed by atoms with van der Waals surface area (Å²) in [5.74, 6) is -0.372. The molecule has 3 rings (SSSR count). The maximum absolute atomic E-state index is 11.5. The van der Waals surface area contributed by atoms with Crippen LogP contribution in [-0.2, 0) is 16.0 Å². The molecular formula is C19H19NO3. The van der Waals surface area contributed by atoms with Crippen molar-refractivity contribution in [2.75, 3.05) is 6.61 Å². The molecule has 0 amide bonds. The summed E-state index contributed by atoms with van der Waals surface area (Å²) in [5, 5.41) is 13.4. The number of hydrogen-bond acceptors (Lipinski definition) is 4. The second-order valence-electron chi connectivity index (χ2n) is 5.52. The number of benzene rings is 2. The number of carbonyl (C=O) groups is 1. The van der Waals surface area contributed by atoms with Gasteiger partial charge in [-0.25, -0.2) is 0 Å². The molecule has 1 N–H and O–H groups in total. The number of aliphatic hydroxyl groups is 1. The normalized spacial score (nSPS) is 12.4. The molecule has 118 valence electrons. The van der Waals surface area contributed by atoms with Crippen molar-refractivity contribution in [2.24, 2.45) is 0 Å². The van der Waals surface area contributed by atoms with Crippen molar-refractivity contribution in [3.8, 4) is 0 Å². The number of rotatable bonds is 5. The molecule has 0 fully saturated rings. The molecule has 4 nitrogen and oxygen atoms in total. The van der Waals surface area contributed by atoms with Gasteiger partial charge in [-0.05, 0) is 30.4 Å². The average Bonchev–Trinajstić information content (AvgIpc) is 2.54. The lowest BCUT2D eigenvalue weighted by Crippen LogP contribution is -2.18. The first-order chi connectivity index (χ1) is 11.2. The van der Waals surface area contributed by atoms with Crippen LogP contribution in [0.15, 0.2) is 48.7 Å². The van der Waals surface area contributed by atoms with Gasteiger partial charge in [-0.2, -0.15) is 0 Å². The van der Waals surface area contributed by atoms with Crippen molar-refractivity contribution >= 4 is 27.6 Å². The van der Waals surface area contributed by atoms with Gasteiger partial charge < -0.3 is 9.84 Å². The molecule has 23 heavy (non-hydrogen) atoms. The van der Waals surface area contributed by atoms with E-state index in [1.165, 1.54) is 0 Å². The van der Waals surface area contributed by atoms with Crippen LogP contribution in [0, 0.1) is 0 Å². The van der Waals surface area contributed by atoms with E-state index in [-0.39, 0.29) is 12.4 Å². The maximum atomic E-state index is 11.5. The zero-order chi connectivity index (χ0) is 16.2. The van der Waals surface area contributed by atoms with Crippen LogP contribution in [0.2, 0.25) is 0 Å². The minimum Gasteiger partial charge on any atom is -0.466 e. The van der Waals surface area contributed by atoms with E-state index in [1.54, 1.807) is 13.1 Å². The van der Waals surface area contributed by atoms with Crippen molar-refractivity contribution in [1.29, 1.82) is 0 Å². The first kappa shape index (κ1) is 15.4. The SMILES string of the molecule is CCOC(=O)CC(O)Cc1cccc2ccc3cccnc3c12. The molecule has 2 aromatic carbocycles. The molecule has 0 radical (unpaired) electrons. The van der Waals surface area contributed by atoms with E-state index in [4.69, 9.17) is 4.74 Å². The lowest BCUT2D eigenvalue weighted by atomic mass is 9.96. The Morgan fingerprint density at radius 3 is 2.78 bits per heavy atom. The van der Waals surface area contributed by atoms with Gasteiger partial charge in [0.05, 0.1) is 24.6 Å². The van der Waals surface area contributed by atoms with Crippen molar-refractivity contribution in [1.82, 2.24) is 4.98 Å². The summed E-state index contributed by atoms with van der Waals surface area (Å²) in [6.07, 6.45) is 1.40. The van der Waals surface area contributed by atoms with Gasteiger partial charge in [-0.1, -0.05) is 36.4 Å². The summed E-state index contributed by atoms with van der Waals surface area (Å²) in [6, 6.07) is 14.0. The topological polar surface area (TPSA) is 59.4 Å². The van der Waals surface area contributed by atoms with Gasteiger partial charge in [0.2, 0.25) is 0 Å². The Hall–Kier alpha value is -2.46. The highest BCUT2D eigenvalue weighted by molar-refractivity contribution is 6.06. The minimum absolute atomic E-state index is 0.00240. The molecule has 3 aromatic rings. The predicted molar refractivity (Wildman–Crippen MR) is 90.2 cm³/mol. The fourth-order valence-corrected chi connectivity index (χ4v) is 2.90. The van der Waals surface area contributed by atoms with Crippen LogP contribution < -0.4 is 0 Å². The Morgan fingerprint density at radius 2 is 1.96 bits per heavy atom. The Labute approximate surface area is 134 Å². The second-order valence-corrected chi connectivity index (χ2v) is 5.52. The quantitative estimate of drug-likeness (QED) is 0.580. The third-order valence-electron chi connectivity index (χ3n) is 3.86. The van der Waals surface area contributed by atoms with Gasteiger partial charge in [-0.3, -0.25) is 9.78 Å². The second kappa shape index (κ2) is 6.75. The van der Waals surface area contributed by atoms with Crippen LogP contribution in [0.5, 0.6) is 0 Å². The molecule has 4 heteroatoms. The van der Waals surface area contributed by atoms with Crippen molar-refractivity contribution < 1.29 is 14.6 Å². The van der Waals surface area contributed by atoms with E-state index in [1.807, 2.05) is 36.4 Å². The van der Waals surface area contributed by atoms with E-state index in [0.29, 0.717) is 13.0 Å². The monoisotopic (exact) mass is 309 g/mol. The van der Waals surface area contributed by atoms with Crippen molar-refractivity contribution in [3.63, 3.8) is 0 Å². The Balaban J connectivity index is 1.97. The van der Waals surface area contributed by atoms with Crippen LogP contribution in [-0.4, -0.2) is 28.8 Å². The number of ether oxygens (including phenoxy) is 1. The van der Waals surface area contributed by atoms with E-state index in [9.17, 15) is 9.90 Å². The smallest absolute Gasteiger partial charge is 0.308 e. The molecule has 0 aliphatic heterocycles. The van der Waals surface area contributed by atoms with E-state index >= 15 is 0 Å². The zero-order valence-corrected chi connectivity index (χ0v) is 13.0. The molecule has 1 aromatic heterocycles. The van der Waals surface area contributed by atoms with Crippen LogP contribution in [0.25, 0.3) is 21.7 Å². The fraction of sp³-hybridized carbons (Fsp3) is 0.263. The number of fused-ring (bicyclic) bond motifs is 3. The Kier molecular flexibility index (Phi) is 4.53. The number of aliphatic hydroxyl groups excluding tert-OH is 1. The molecule has 0 saturated carbocycles. The number of hydrogen-bond donors (Lipinski definition) is 1. The van der Waals surface area contributed by atoms with Gasteiger partial charge >= 0.3 is 5.97 Å². The van der Waals surface area contributed by atoms with Gasteiger partial charge in [0.15, 0.2) is 0 Å². The number of pyridine rings is 1. The van der Waals surface area contributed by atoms with Gasteiger partial charge in [-0.15, -0.1) is 0 Å². The summed E-state index contributed by atoms with van der Waals surface area (Å²) in [5.41, 5.74) is 1.91. The first-order valence-corrected chi connectivity index (χ1v) is 7.78. The number of nitrogens with zero attached hydrogens (tertiary/aromatic N) is 1. The van der Waals surface area contributed by atoms with E-state index < -0.39 is 6.10 Å².